The number of rotatable bonds is 4. The van der Waals surface area contributed by atoms with Crippen LogP contribution >= 0.6 is 0 Å². The molecule has 0 amide bonds. The predicted octanol–water partition coefficient (Wildman–Crippen LogP) is 5.17. The van der Waals surface area contributed by atoms with Gasteiger partial charge in [-0.3, -0.25) is 4.98 Å². The molecule has 4 aromatic heterocycles. The van der Waals surface area contributed by atoms with Crippen LogP contribution in [0, 0.1) is 26.6 Å². The molecule has 6 rings (SSSR count). The SMILES string of the molecule is Cc1ncccc1-n1nc(C)c(-c2cc(N3CCOC[C@H]3C)nc(-c3cc(F)cc4c3ccn4C)n2)c1C. The molecule has 1 fully saturated rings. The third-order valence-electron chi connectivity index (χ3n) is 7.34. The average molecular weight is 512 g/mol. The highest BCUT2D eigenvalue weighted by atomic mass is 19.1. The van der Waals surface area contributed by atoms with Crippen LogP contribution in [0.4, 0.5) is 10.2 Å². The zero-order valence-electron chi connectivity index (χ0n) is 22.2. The maximum Gasteiger partial charge on any atom is 0.162 e. The molecule has 1 aliphatic heterocycles. The topological polar surface area (TPSA) is 73.9 Å². The number of aromatic nitrogens is 6. The van der Waals surface area contributed by atoms with E-state index < -0.39 is 0 Å². The molecule has 5 heterocycles. The number of hydrogen-bond acceptors (Lipinski definition) is 6. The molecule has 0 unspecified atom stereocenters. The van der Waals surface area contributed by atoms with Gasteiger partial charge < -0.3 is 14.2 Å². The van der Waals surface area contributed by atoms with Gasteiger partial charge in [0.25, 0.3) is 0 Å². The second-order valence-corrected chi connectivity index (χ2v) is 9.93. The van der Waals surface area contributed by atoms with Crippen molar-refractivity contribution < 1.29 is 9.13 Å². The molecule has 1 aromatic carbocycles. The fraction of sp³-hybridized carbons (Fsp3) is 0.310. The van der Waals surface area contributed by atoms with Gasteiger partial charge in [0.2, 0.25) is 0 Å². The van der Waals surface area contributed by atoms with Crippen molar-refractivity contribution in [3.8, 4) is 28.3 Å². The molecule has 0 aliphatic carbocycles. The van der Waals surface area contributed by atoms with Gasteiger partial charge in [-0.2, -0.15) is 5.10 Å². The lowest BCUT2D eigenvalue weighted by molar-refractivity contribution is 0.0985. The molecule has 0 bridgehead atoms. The van der Waals surface area contributed by atoms with Crippen molar-refractivity contribution in [3.63, 3.8) is 0 Å². The van der Waals surface area contributed by atoms with Crippen LogP contribution in [0.3, 0.4) is 0 Å². The van der Waals surface area contributed by atoms with E-state index in [9.17, 15) is 4.39 Å². The molecular formula is C29H30FN7O. The Kier molecular flexibility index (Phi) is 5.95. The maximum atomic E-state index is 14.8. The van der Waals surface area contributed by atoms with Crippen LogP contribution in [0.2, 0.25) is 0 Å². The number of nitrogens with zero attached hydrogens (tertiary/aromatic N) is 7. The maximum absolute atomic E-state index is 14.8. The van der Waals surface area contributed by atoms with Crippen LogP contribution in [0.5, 0.6) is 0 Å². The minimum absolute atomic E-state index is 0.145. The second kappa shape index (κ2) is 9.33. The number of aryl methyl sites for hydroxylation is 3. The highest BCUT2D eigenvalue weighted by molar-refractivity contribution is 5.94. The summed E-state index contributed by atoms with van der Waals surface area (Å²) >= 11 is 0. The van der Waals surface area contributed by atoms with Crippen LogP contribution in [-0.2, 0) is 11.8 Å². The Morgan fingerprint density at radius 2 is 1.89 bits per heavy atom. The molecule has 1 aliphatic rings. The Labute approximate surface area is 220 Å². The largest absolute Gasteiger partial charge is 0.377 e. The minimum atomic E-state index is -0.322. The molecule has 5 aromatic rings. The lowest BCUT2D eigenvalue weighted by Gasteiger charge is -2.34. The molecule has 1 saturated heterocycles. The van der Waals surface area contributed by atoms with Crippen molar-refractivity contribution in [3.05, 3.63) is 71.7 Å². The second-order valence-electron chi connectivity index (χ2n) is 9.93. The summed E-state index contributed by atoms with van der Waals surface area (Å²) in [7, 11) is 1.91. The lowest BCUT2D eigenvalue weighted by atomic mass is 10.1. The van der Waals surface area contributed by atoms with E-state index in [2.05, 4.69) is 16.8 Å². The number of pyridine rings is 1. The molecule has 38 heavy (non-hydrogen) atoms. The van der Waals surface area contributed by atoms with Crippen molar-refractivity contribution in [1.82, 2.24) is 29.3 Å². The first-order valence-corrected chi connectivity index (χ1v) is 12.8. The summed E-state index contributed by atoms with van der Waals surface area (Å²) in [6.45, 7) is 10.1. The Bertz CT molecular complexity index is 1670. The van der Waals surface area contributed by atoms with Gasteiger partial charge in [-0.15, -0.1) is 0 Å². The van der Waals surface area contributed by atoms with Crippen molar-refractivity contribution in [2.75, 3.05) is 24.7 Å². The summed E-state index contributed by atoms with van der Waals surface area (Å²) < 4.78 is 24.3. The molecule has 1 atom stereocenters. The van der Waals surface area contributed by atoms with Crippen LogP contribution in [0.15, 0.2) is 48.8 Å². The molecule has 0 spiro atoms. The van der Waals surface area contributed by atoms with Gasteiger partial charge in [-0.1, -0.05) is 0 Å². The smallest absolute Gasteiger partial charge is 0.162 e. The summed E-state index contributed by atoms with van der Waals surface area (Å²) in [5, 5.41) is 5.77. The molecule has 194 valence electrons. The van der Waals surface area contributed by atoms with Gasteiger partial charge in [0.1, 0.15) is 11.6 Å². The van der Waals surface area contributed by atoms with E-state index in [1.54, 1.807) is 12.3 Å². The number of morpholine rings is 1. The van der Waals surface area contributed by atoms with Crippen molar-refractivity contribution in [1.29, 1.82) is 0 Å². The minimum Gasteiger partial charge on any atom is -0.377 e. The first-order chi connectivity index (χ1) is 18.3. The van der Waals surface area contributed by atoms with Crippen LogP contribution < -0.4 is 4.90 Å². The number of hydrogen-bond donors (Lipinski definition) is 0. The van der Waals surface area contributed by atoms with Gasteiger partial charge in [-0.05, 0) is 58.0 Å². The monoisotopic (exact) mass is 511 g/mol. The normalized spacial score (nSPS) is 15.9. The first-order valence-electron chi connectivity index (χ1n) is 12.8. The van der Waals surface area contributed by atoms with E-state index >= 15 is 0 Å². The Morgan fingerprint density at radius 1 is 1.05 bits per heavy atom. The van der Waals surface area contributed by atoms with Gasteiger partial charge in [0, 0.05) is 48.6 Å². The van der Waals surface area contributed by atoms with Gasteiger partial charge in [0.15, 0.2) is 5.82 Å². The third-order valence-corrected chi connectivity index (χ3v) is 7.34. The molecule has 0 radical (unpaired) electrons. The Morgan fingerprint density at radius 3 is 2.68 bits per heavy atom. The van der Waals surface area contributed by atoms with Crippen molar-refractivity contribution >= 4 is 16.7 Å². The highest BCUT2D eigenvalue weighted by Gasteiger charge is 2.25. The third kappa shape index (κ3) is 4.03. The quantitative estimate of drug-likeness (QED) is 0.331. The van der Waals surface area contributed by atoms with E-state index in [4.69, 9.17) is 19.8 Å². The van der Waals surface area contributed by atoms with Crippen LogP contribution in [0.1, 0.15) is 24.0 Å². The number of fused-ring (bicyclic) bond motifs is 1. The molecule has 0 N–H and O–H groups in total. The standard InChI is InChI=1S/C29H30FN7O/c1-17-16-38-12-11-36(17)27-15-24(28-19(3)34-37(20(28)4)25-7-6-9-31-18(25)2)32-29(33-27)23-13-21(30)14-26-22(23)8-10-35(26)5/h6-10,13-15,17H,11-12,16H2,1-5H3/t17-/m1/s1. The van der Waals surface area contributed by atoms with E-state index in [1.165, 1.54) is 6.07 Å². The number of ether oxygens (including phenoxy) is 1. The molecule has 9 heteroatoms. The molecular weight excluding hydrogens is 481 g/mol. The van der Waals surface area contributed by atoms with Crippen molar-refractivity contribution in [2.45, 2.75) is 33.7 Å². The average Bonchev–Trinajstić information content (AvgIpc) is 3.42. The number of anilines is 1. The van der Waals surface area contributed by atoms with Crippen molar-refractivity contribution in [2.24, 2.45) is 7.05 Å². The number of benzene rings is 1. The first kappa shape index (κ1) is 24.2. The summed E-state index contributed by atoms with van der Waals surface area (Å²) in [5.41, 5.74) is 6.75. The Balaban J connectivity index is 1.59. The lowest BCUT2D eigenvalue weighted by Crippen LogP contribution is -2.44. The molecule has 8 nitrogen and oxygen atoms in total. The van der Waals surface area contributed by atoms with E-state index in [0.29, 0.717) is 31.1 Å². The van der Waals surface area contributed by atoms with Gasteiger partial charge in [-0.25, -0.2) is 19.0 Å². The number of halogens is 1. The summed E-state index contributed by atoms with van der Waals surface area (Å²) in [6, 6.07) is 11.1. The van der Waals surface area contributed by atoms with Crippen LogP contribution in [0.25, 0.3) is 39.2 Å². The zero-order valence-corrected chi connectivity index (χ0v) is 22.2. The summed E-state index contributed by atoms with van der Waals surface area (Å²) in [6.07, 6.45) is 3.71. The Hall–Kier alpha value is -4.11. The highest BCUT2D eigenvalue weighted by Crippen LogP contribution is 2.35. The molecule has 0 saturated carbocycles. The zero-order chi connectivity index (χ0) is 26.6. The fourth-order valence-electron chi connectivity index (χ4n) is 5.37. The summed E-state index contributed by atoms with van der Waals surface area (Å²) in [5.74, 6) is 0.950. The van der Waals surface area contributed by atoms with Crippen LogP contribution in [-0.4, -0.2) is 55.1 Å². The van der Waals surface area contributed by atoms with E-state index in [1.807, 2.05) is 67.5 Å². The predicted molar refractivity (Wildman–Crippen MR) is 146 cm³/mol. The van der Waals surface area contributed by atoms with E-state index in [0.717, 1.165) is 50.7 Å². The fourth-order valence-corrected chi connectivity index (χ4v) is 5.37. The van der Waals surface area contributed by atoms with E-state index in [-0.39, 0.29) is 11.9 Å². The van der Waals surface area contributed by atoms with Gasteiger partial charge >= 0.3 is 0 Å². The summed E-state index contributed by atoms with van der Waals surface area (Å²) in [4.78, 5) is 16.7. The van der Waals surface area contributed by atoms with Gasteiger partial charge in [0.05, 0.1) is 53.2 Å².